The van der Waals surface area contributed by atoms with Gasteiger partial charge in [-0.2, -0.15) is 4.37 Å². The molecule has 0 bridgehead atoms. The summed E-state index contributed by atoms with van der Waals surface area (Å²) < 4.78 is 14.4. The van der Waals surface area contributed by atoms with Crippen LogP contribution in [-0.2, 0) is 9.47 Å². The van der Waals surface area contributed by atoms with E-state index in [0.29, 0.717) is 36.9 Å². The van der Waals surface area contributed by atoms with E-state index in [9.17, 15) is 4.79 Å². The van der Waals surface area contributed by atoms with Crippen molar-refractivity contribution in [2.45, 2.75) is 6.92 Å². The Morgan fingerprint density at radius 1 is 1.45 bits per heavy atom. The lowest BCUT2D eigenvalue weighted by Gasteiger charge is -2.10. The number of nitrogens with zero attached hydrogens (tertiary/aromatic N) is 2. The van der Waals surface area contributed by atoms with Crippen LogP contribution in [0.1, 0.15) is 17.3 Å². The maximum absolute atomic E-state index is 11.7. The highest BCUT2D eigenvalue weighted by atomic mass is 32.1. The maximum Gasteiger partial charge on any atom is 0.344 e. The molecule has 1 aromatic rings. The highest BCUT2D eigenvalue weighted by Gasteiger charge is 2.20. The SMILES string of the molecule is CCOC(=O)c1c(N)nsc1NCCOCCN(C)C. The van der Waals surface area contributed by atoms with Crippen LogP contribution in [0.3, 0.4) is 0 Å². The number of carbonyl (C=O) groups excluding carboxylic acids is 1. The van der Waals surface area contributed by atoms with Crippen LogP contribution >= 0.6 is 11.5 Å². The summed E-state index contributed by atoms with van der Waals surface area (Å²) >= 11 is 1.15. The Bertz CT molecular complexity index is 423. The Kier molecular flexibility index (Phi) is 7.27. The number of nitrogens with one attached hydrogen (secondary N) is 1. The molecular weight excluding hydrogens is 280 g/mol. The van der Waals surface area contributed by atoms with Crippen LogP contribution in [0.25, 0.3) is 0 Å². The van der Waals surface area contributed by atoms with Crippen molar-refractivity contribution in [1.82, 2.24) is 9.27 Å². The zero-order chi connectivity index (χ0) is 15.0. The average molecular weight is 302 g/mol. The summed E-state index contributed by atoms with van der Waals surface area (Å²) in [4.78, 5) is 13.8. The van der Waals surface area contributed by atoms with Gasteiger partial charge in [0.15, 0.2) is 5.82 Å². The number of hydrogen-bond acceptors (Lipinski definition) is 8. The van der Waals surface area contributed by atoms with Gasteiger partial charge in [-0.05, 0) is 32.6 Å². The fraction of sp³-hybridized carbons (Fsp3) is 0.667. The van der Waals surface area contributed by atoms with Crippen molar-refractivity contribution in [1.29, 1.82) is 0 Å². The zero-order valence-electron chi connectivity index (χ0n) is 12.1. The quantitative estimate of drug-likeness (QED) is 0.517. The van der Waals surface area contributed by atoms with Crippen molar-refractivity contribution in [2.75, 3.05) is 58.1 Å². The summed E-state index contributed by atoms with van der Waals surface area (Å²) in [7, 11) is 3.99. The molecule has 0 fully saturated rings. The number of ether oxygens (including phenoxy) is 2. The van der Waals surface area contributed by atoms with Crippen molar-refractivity contribution < 1.29 is 14.3 Å². The lowest BCUT2D eigenvalue weighted by Crippen LogP contribution is -2.20. The summed E-state index contributed by atoms with van der Waals surface area (Å²) in [5.74, 6) is -0.251. The molecular formula is C12H22N4O3S. The van der Waals surface area contributed by atoms with E-state index in [-0.39, 0.29) is 5.82 Å². The molecule has 8 heteroatoms. The van der Waals surface area contributed by atoms with Gasteiger partial charge in [-0.25, -0.2) is 4.79 Å². The standard InChI is InChI=1S/C12H22N4O3S/c1-4-19-12(17)9-10(13)15-20-11(9)14-5-7-18-8-6-16(2)3/h14H,4-8H2,1-3H3,(H2,13,15). The minimum Gasteiger partial charge on any atom is -0.462 e. The highest BCUT2D eigenvalue weighted by molar-refractivity contribution is 7.11. The maximum atomic E-state index is 11.7. The second-order valence-corrected chi connectivity index (χ2v) is 5.11. The first-order valence-corrected chi connectivity index (χ1v) is 7.22. The third kappa shape index (κ3) is 5.32. The van der Waals surface area contributed by atoms with Crippen molar-refractivity contribution >= 4 is 28.3 Å². The molecule has 0 radical (unpaired) electrons. The summed E-state index contributed by atoms with van der Waals surface area (Å²) in [5.41, 5.74) is 5.99. The number of nitrogen functional groups attached to an aromatic ring is 1. The zero-order valence-corrected chi connectivity index (χ0v) is 13.0. The van der Waals surface area contributed by atoms with E-state index >= 15 is 0 Å². The van der Waals surface area contributed by atoms with E-state index in [4.69, 9.17) is 15.2 Å². The summed E-state index contributed by atoms with van der Waals surface area (Å²) in [5, 5.41) is 3.72. The first-order valence-electron chi connectivity index (χ1n) is 6.44. The lowest BCUT2D eigenvalue weighted by atomic mass is 10.3. The smallest absolute Gasteiger partial charge is 0.344 e. The van der Waals surface area contributed by atoms with Gasteiger partial charge < -0.3 is 25.4 Å². The van der Waals surface area contributed by atoms with Crippen LogP contribution < -0.4 is 11.1 Å². The monoisotopic (exact) mass is 302 g/mol. The van der Waals surface area contributed by atoms with Gasteiger partial charge in [-0.1, -0.05) is 0 Å². The predicted octanol–water partition coefficient (Wildman–Crippen LogP) is 0.892. The topological polar surface area (TPSA) is 89.7 Å². The van der Waals surface area contributed by atoms with Crippen LogP contribution in [0, 0.1) is 0 Å². The summed E-state index contributed by atoms with van der Waals surface area (Å²) in [6, 6.07) is 0. The molecule has 1 aromatic heterocycles. The first-order chi connectivity index (χ1) is 9.56. The molecule has 1 heterocycles. The van der Waals surface area contributed by atoms with Gasteiger partial charge in [-0.3, -0.25) is 0 Å². The Morgan fingerprint density at radius 2 is 2.20 bits per heavy atom. The largest absolute Gasteiger partial charge is 0.462 e. The Hall–Kier alpha value is -1.38. The van der Waals surface area contributed by atoms with E-state index in [1.807, 2.05) is 14.1 Å². The normalized spacial score (nSPS) is 10.8. The third-order valence-corrected chi connectivity index (χ3v) is 3.23. The number of hydrogen-bond donors (Lipinski definition) is 2. The average Bonchev–Trinajstić information content (AvgIpc) is 2.75. The first kappa shape index (κ1) is 16.7. The molecule has 3 N–H and O–H groups in total. The number of rotatable bonds is 9. The molecule has 0 aliphatic carbocycles. The molecule has 0 aliphatic rings. The van der Waals surface area contributed by atoms with Gasteiger partial charge >= 0.3 is 5.97 Å². The number of esters is 1. The number of anilines is 2. The molecule has 0 saturated heterocycles. The van der Waals surface area contributed by atoms with Gasteiger partial charge in [0.2, 0.25) is 0 Å². The molecule has 20 heavy (non-hydrogen) atoms. The Balaban J connectivity index is 2.39. The van der Waals surface area contributed by atoms with Crippen LogP contribution in [0.4, 0.5) is 10.8 Å². The Morgan fingerprint density at radius 3 is 2.85 bits per heavy atom. The fourth-order valence-corrected chi connectivity index (χ4v) is 2.14. The number of likely N-dealkylation sites (N-methyl/N-ethyl adjacent to an activating group) is 1. The summed E-state index contributed by atoms with van der Waals surface area (Å²) in [6.45, 7) is 4.74. The molecule has 0 amide bonds. The molecule has 0 aliphatic heterocycles. The predicted molar refractivity (Wildman–Crippen MR) is 80.3 cm³/mol. The van der Waals surface area contributed by atoms with Gasteiger partial charge in [0.25, 0.3) is 0 Å². The molecule has 0 saturated carbocycles. The molecule has 0 spiro atoms. The Labute approximate surface area is 123 Å². The highest BCUT2D eigenvalue weighted by Crippen LogP contribution is 2.27. The van der Waals surface area contributed by atoms with Gasteiger partial charge in [0.1, 0.15) is 10.6 Å². The molecule has 0 unspecified atom stereocenters. The van der Waals surface area contributed by atoms with Gasteiger partial charge in [0.05, 0.1) is 19.8 Å². The molecule has 0 aromatic carbocycles. The van der Waals surface area contributed by atoms with Gasteiger partial charge in [0, 0.05) is 13.1 Å². The number of nitrogens with two attached hydrogens (primary N) is 1. The van der Waals surface area contributed by atoms with E-state index < -0.39 is 5.97 Å². The molecule has 114 valence electrons. The molecule has 0 atom stereocenters. The van der Waals surface area contributed by atoms with Crippen molar-refractivity contribution in [3.05, 3.63) is 5.56 Å². The second-order valence-electron chi connectivity index (χ2n) is 4.33. The minimum absolute atomic E-state index is 0.199. The van der Waals surface area contributed by atoms with E-state index in [1.54, 1.807) is 6.92 Å². The fourth-order valence-electron chi connectivity index (χ4n) is 1.41. The van der Waals surface area contributed by atoms with E-state index in [2.05, 4.69) is 14.6 Å². The van der Waals surface area contributed by atoms with Crippen LogP contribution in [0.5, 0.6) is 0 Å². The van der Waals surface area contributed by atoms with Crippen molar-refractivity contribution in [3.63, 3.8) is 0 Å². The number of aromatic nitrogens is 1. The molecule has 1 rings (SSSR count). The van der Waals surface area contributed by atoms with Gasteiger partial charge in [-0.15, -0.1) is 0 Å². The molecule has 7 nitrogen and oxygen atoms in total. The van der Waals surface area contributed by atoms with Crippen LogP contribution in [0.15, 0.2) is 0 Å². The van der Waals surface area contributed by atoms with E-state index in [0.717, 1.165) is 18.1 Å². The number of carbonyl (C=O) groups is 1. The van der Waals surface area contributed by atoms with Crippen molar-refractivity contribution in [2.24, 2.45) is 0 Å². The summed E-state index contributed by atoms with van der Waals surface area (Å²) in [6.07, 6.45) is 0. The van der Waals surface area contributed by atoms with E-state index in [1.165, 1.54) is 0 Å². The second kappa shape index (κ2) is 8.72. The lowest BCUT2D eigenvalue weighted by molar-refractivity contribution is 0.0529. The van der Waals surface area contributed by atoms with Crippen LogP contribution in [-0.4, -0.2) is 62.2 Å². The minimum atomic E-state index is -0.449. The van der Waals surface area contributed by atoms with Crippen LogP contribution in [0.2, 0.25) is 0 Å². The van der Waals surface area contributed by atoms with Crippen molar-refractivity contribution in [3.8, 4) is 0 Å². The third-order valence-electron chi connectivity index (χ3n) is 2.41.